The lowest BCUT2D eigenvalue weighted by atomic mass is 9.72. The topological polar surface area (TPSA) is 122 Å². The Kier molecular flexibility index (Phi) is 6.75. The van der Waals surface area contributed by atoms with Gasteiger partial charge in [-0.05, 0) is 62.1 Å². The van der Waals surface area contributed by atoms with Crippen molar-refractivity contribution >= 4 is 57.7 Å². The van der Waals surface area contributed by atoms with E-state index < -0.39 is 7.12 Å². The molecule has 0 fully saturated rings. The number of fused-ring (bicyclic) bond motifs is 1. The molecule has 0 aliphatic carbocycles. The van der Waals surface area contributed by atoms with Crippen molar-refractivity contribution in [1.29, 1.82) is 0 Å². The normalized spacial score (nSPS) is 12.0. The fourth-order valence-electron chi connectivity index (χ4n) is 3.22. The third kappa shape index (κ3) is 5.07. The number of nitrogens with one attached hydrogen (secondary N) is 3. The number of amides is 1. The van der Waals surface area contributed by atoms with Gasteiger partial charge in [-0.1, -0.05) is 18.7 Å². The van der Waals surface area contributed by atoms with Gasteiger partial charge in [-0.25, -0.2) is 9.02 Å². The molecule has 2 heterocycles. The lowest BCUT2D eigenvalue weighted by Crippen LogP contribution is -2.42. The summed E-state index contributed by atoms with van der Waals surface area (Å²) in [4.78, 5) is 12.6. The van der Waals surface area contributed by atoms with Gasteiger partial charge in [0.1, 0.15) is 5.82 Å². The first-order valence-corrected chi connectivity index (χ1v) is 10.6. The summed E-state index contributed by atoms with van der Waals surface area (Å²) in [6.07, 6.45) is 3.07. The molecule has 1 aliphatic heterocycles. The maximum absolute atomic E-state index is 13.4. The van der Waals surface area contributed by atoms with E-state index >= 15 is 0 Å². The number of rotatable bonds is 8. The molecule has 1 aromatic heterocycles. The van der Waals surface area contributed by atoms with E-state index in [9.17, 15) is 14.2 Å². The van der Waals surface area contributed by atoms with Crippen LogP contribution in [0.25, 0.3) is 11.8 Å². The van der Waals surface area contributed by atoms with Crippen LogP contribution in [0, 0.1) is 5.82 Å². The second-order valence-corrected chi connectivity index (χ2v) is 7.83. The monoisotopic (exact) mass is 513 g/mol. The molecule has 0 saturated carbocycles. The van der Waals surface area contributed by atoms with E-state index in [1.807, 2.05) is 0 Å². The predicted molar refractivity (Wildman–Crippen MR) is 126 cm³/mol. The number of anilines is 2. The van der Waals surface area contributed by atoms with Gasteiger partial charge in [0.15, 0.2) is 5.69 Å². The number of hydrogen-bond donors (Lipinski definition) is 4. The molecule has 1 amide bonds. The van der Waals surface area contributed by atoms with Crippen LogP contribution in [0.1, 0.15) is 21.6 Å². The third-order valence-corrected chi connectivity index (χ3v) is 5.39. The van der Waals surface area contributed by atoms with Crippen molar-refractivity contribution in [3.63, 3.8) is 0 Å². The summed E-state index contributed by atoms with van der Waals surface area (Å²) < 4.78 is 23.6. The summed E-state index contributed by atoms with van der Waals surface area (Å²) in [5.41, 5.74) is 2.79. The number of nitrogens with zero attached hydrogens (tertiary/aromatic N) is 2. The van der Waals surface area contributed by atoms with Crippen LogP contribution in [0.4, 0.5) is 15.9 Å². The molecule has 0 radical (unpaired) electrons. The minimum absolute atomic E-state index is 0.256. The third-order valence-electron chi connectivity index (χ3n) is 4.78. The molecule has 0 unspecified atom stereocenters. The zero-order valence-corrected chi connectivity index (χ0v) is 18.7. The minimum Gasteiger partial charge on any atom is -0.538 e. The molecular formula is C21H18BBrFN5O4. The Hall–Kier alpha value is -3.64. The highest BCUT2D eigenvalue weighted by Gasteiger charge is 2.29. The van der Waals surface area contributed by atoms with Crippen molar-refractivity contribution < 1.29 is 23.5 Å². The van der Waals surface area contributed by atoms with Crippen LogP contribution in [-0.2, 0) is 4.65 Å². The van der Waals surface area contributed by atoms with Crippen LogP contribution in [0.3, 0.4) is 0 Å². The van der Waals surface area contributed by atoms with E-state index in [0.29, 0.717) is 44.9 Å². The van der Waals surface area contributed by atoms with Crippen LogP contribution in [0.5, 0.6) is 0 Å². The number of hydrogen-bond acceptors (Lipinski definition) is 8. The standard InChI is InChI=1S/C21H18BBrFN5O4/c1-12(27-14-5-6-17(24)16(23)11-14)19-20(29-33-28-19)25-8-9-26-21(30)15-4-2-3-13-7-10-32-22(31)18(13)15/h2-7,10-11,27,31H,1,8-9H2,(H,25,29)(H,26,30). The van der Waals surface area contributed by atoms with Crippen molar-refractivity contribution in [2.75, 3.05) is 23.7 Å². The van der Waals surface area contributed by atoms with Crippen LogP contribution >= 0.6 is 15.9 Å². The van der Waals surface area contributed by atoms with Gasteiger partial charge < -0.3 is 25.6 Å². The Morgan fingerprint density at radius 1 is 1.24 bits per heavy atom. The van der Waals surface area contributed by atoms with Crippen molar-refractivity contribution in [3.8, 4) is 0 Å². The van der Waals surface area contributed by atoms with Gasteiger partial charge >= 0.3 is 7.12 Å². The van der Waals surface area contributed by atoms with E-state index in [4.69, 9.17) is 9.28 Å². The van der Waals surface area contributed by atoms with Gasteiger partial charge in [0.2, 0.25) is 5.82 Å². The molecule has 33 heavy (non-hydrogen) atoms. The van der Waals surface area contributed by atoms with E-state index in [1.54, 1.807) is 36.4 Å². The SMILES string of the molecule is C=C(Nc1ccc(F)c(Br)c1)c1nonc1NCCNC(=O)c1cccc2c1B(O)OC=C2. The van der Waals surface area contributed by atoms with Crippen molar-refractivity contribution in [2.45, 2.75) is 0 Å². The number of carbonyl (C=O) groups is 1. The van der Waals surface area contributed by atoms with Crippen molar-refractivity contribution in [2.24, 2.45) is 0 Å². The van der Waals surface area contributed by atoms with Crippen LogP contribution in [0.2, 0.25) is 0 Å². The summed E-state index contributed by atoms with van der Waals surface area (Å²) >= 11 is 3.13. The van der Waals surface area contributed by atoms with Gasteiger partial charge in [-0.3, -0.25) is 4.79 Å². The van der Waals surface area contributed by atoms with Crippen molar-refractivity contribution in [1.82, 2.24) is 15.6 Å². The maximum Gasteiger partial charge on any atom is 0.561 e. The second kappa shape index (κ2) is 9.88. The predicted octanol–water partition coefficient (Wildman–Crippen LogP) is 2.58. The number of aromatic nitrogens is 2. The van der Waals surface area contributed by atoms with Gasteiger partial charge in [0.25, 0.3) is 5.91 Å². The quantitative estimate of drug-likeness (QED) is 0.268. The fraction of sp³-hybridized carbons (Fsp3) is 0.0952. The molecule has 4 N–H and O–H groups in total. The first kappa shape index (κ1) is 22.6. The average Bonchev–Trinajstić information content (AvgIpc) is 3.27. The summed E-state index contributed by atoms with van der Waals surface area (Å²) in [5, 5.41) is 26.5. The smallest absolute Gasteiger partial charge is 0.538 e. The summed E-state index contributed by atoms with van der Waals surface area (Å²) in [6, 6.07) is 9.59. The molecule has 3 aromatic rings. The molecular weight excluding hydrogens is 496 g/mol. The van der Waals surface area contributed by atoms with Crippen LogP contribution in [0.15, 0.2) is 58.3 Å². The minimum atomic E-state index is -1.20. The fourth-order valence-corrected chi connectivity index (χ4v) is 3.60. The zero-order valence-electron chi connectivity index (χ0n) is 17.1. The molecule has 0 spiro atoms. The molecule has 9 nitrogen and oxygen atoms in total. The highest BCUT2D eigenvalue weighted by molar-refractivity contribution is 9.10. The van der Waals surface area contributed by atoms with E-state index in [0.717, 1.165) is 5.56 Å². The second-order valence-electron chi connectivity index (χ2n) is 6.98. The molecule has 0 atom stereocenters. The highest BCUT2D eigenvalue weighted by Crippen LogP contribution is 2.24. The molecule has 2 aromatic carbocycles. The van der Waals surface area contributed by atoms with Gasteiger partial charge in [0.05, 0.1) is 16.4 Å². The summed E-state index contributed by atoms with van der Waals surface area (Å²) in [5.74, 6) is -0.403. The number of halogens is 2. The van der Waals surface area contributed by atoms with Crippen LogP contribution in [-0.4, -0.2) is 41.5 Å². The average molecular weight is 514 g/mol. The maximum atomic E-state index is 13.4. The Morgan fingerprint density at radius 2 is 2.09 bits per heavy atom. The molecule has 1 aliphatic rings. The van der Waals surface area contributed by atoms with Crippen molar-refractivity contribution in [3.05, 3.63) is 76.3 Å². The zero-order chi connectivity index (χ0) is 23.4. The molecule has 168 valence electrons. The first-order chi connectivity index (χ1) is 15.9. The lowest BCUT2D eigenvalue weighted by Gasteiger charge is -2.17. The number of benzene rings is 2. The largest absolute Gasteiger partial charge is 0.561 e. The Balaban J connectivity index is 1.33. The molecule has 12 heteroatoms. The lowest BCUT2D eigenvalue weighted by molar-refractivity contribution is 0.0955. The Bertz CT molecular complexity index is 1240. The molecule has 0 bridgehead atoms. The van der Waals surface area contributed by atoms with E-state index in [1.165, 1.54) is 12.3 Å². The summed E-state index contributed by atoms with van der Waals surface area (Å²) in [6.45, 7) is 4.49. The van der Waals surface area contributed by atoms with E-state index in [2.05, 4.69) is 48.8 Å². The molecule has 4 rings (SSSR count). The Labute approximate surface area is 196 Å². The van der Waals surface area contributed by atoms with Crippen LogP contribution < -0.4 is 21.4 Å². The number of carbonyl (C=O) groups excluding carboxylic acids is 1. The summed E-state index contributed by atoms with van der Waals surface area (Å²) in [7, 11) is -1.20. The molecule has 0 saturated heterocycles. The van der Waals surface area contributed by atoms with Gasteiger partial charge in [-0.15, -0.1) is 0 Å². The van der Waals surface area contributed by atoms with Gasteiger partial charge in [-0.2, -0.15) is 0 Å². The van der Waals surface area contributed by atoms with Gasteiger partial charge in [0, 0.05) is 29.8 Å². The first-order valence-electron chi connectivity index (χ1n) is 9.83. The highest BCUT2D eigenvalue weighted by atomic mass is 79.9. The van der Waals surface area contributed by atoms with E-state index in [-0.39, 0.29) is 18.3 Å². The Morgan fingerprint density at radius 3 is 2.91 bits per heavy atom.